The Morgan fingerprint density at radius 3 is 2.14 bits per heavy atom. The highest BCUT2D eigenvalue weighted by atomic mass is 16.4. The number of nitrogens with zero attached hydrogens (tertiary/aromatic N) is 2. The first kappa shape index (κ1) is 17.0. The van der Waals surface area contributed by atoms with Crippen molar-refractivity contribution in [2.45, 2.75) is 27.7 Å². The van der Waals surface area contributed by atoms with Crippen molar-refractivity contribution in [1.82, 2.24) is 10.0 Å². The molecule has 0 aromatic rings. The monoisotopic (exact) mass is 288 g/mol. The quantitative estimate of drug-likeness (QED) is 0.863. The first-order valence-electron chi connectivity index (χ1n) is 6.94. The van der Waals surface area contributed by atoms with Crippen LogP contribution < -0.4 is 0 Å². The molecular formula is C17H24N2O2. The number of carbonyl (C=O) groups is 1. The van der Waals surface area contributed by atoms with Crippen molar-refractivity contribution in [2.24, 2.45) is 0 Å². The number of hydrogen-bond acceptors (Lipinski definition) is 3. The second-order valence-corrected chi connectivity index (χ2v) is 5.24. The number of carboxylic acids is 1. The van der Waals surface area contributed by atoms with E-state index in [1.54, 1.807) is 6.20 Å². The highest BCUT2D eigenvalue weighted by molar-refractivity contribution is 5.95. The highest BCUT2D eigenvalue weighted by Crippen LogP contribution is 2.34. The summed E-state index contributed by atoms with van der Waals surface area (Å²) in [5.74, 6) is -0.921. The molecule has 0 aromatic carbocycles. The van der Waals surface area contributed by atoms with Gasteiger partial charge in [0, 0.05) is 25.9 Å². The van der Waals surface area contributed by atoms with Crippen molar-refractivity contribution in [3.63, 3.8) is 0 Å². The third-order valence-electron chi connectivity index (χ3n) is 3.17. The Morgan fingerprint density at radius 2 is 1.76 bits per heavy atom. The molecule has 0 bridgehead atoms. The van der Waals surface area contributed by atoms with Crippen LogP contribution >= 0.6 is 0 Å². The predicted octanol–water partition coefficient (Wildman–Crippen LogP) is 3.49. The first-order chi connectivity index (χ1) is 9.83. The lowest BCUT2D eigenvalue weighted by atomic mass is 9.91. The van der Waals surface area contributed by atoms with Crippen molar-refractivity contribution in [1.29, 1.82) is 0 Å². The van der Waals surface area contributed by atoms with Crippen molar-refractivity contribution in [3.05, 3.63) is 58.5 Å². The van der Waals surface area contributed by atoms with Gasteiger partial charge >= 0.3 is 5.97 Å². The topological polar surface area (TPSA) is 43.8 Å². The van der Waals surface area contributed by atoms with Gasteiger partial charge < -0.3 is 5.11 Å². The normalized spacial score (nSPS) is 21.2. The average molecular weight is 288 g/mol. The van der Waals surface area contributed by atoms with Crippen molar-refractivity contribution >= 4 is 5.97 Å². The minimum Gasteiger partial charge on any atom is -0.478 e. The van der Waals surface area contributed by atoms with Gasteiger partial charge in [0.15, 0.2) is 0 Å². The van der Waals surface area contributed by atoms with E-state index in [4.69, 9.17) is 0 Å². The van der Waals surface area contributed by atoms with Crippen molar-refractivity contribution in [2.75, 3.05) is 14.1 Å². The molecule has 1 aliphatic heterocycles. The Bertz CT molecular complexity index is 572. The Labute approximate surface area is 127 Å². The predicted molar refractivity (Wildman–Crippen MR) is 86.3 cm³/mol. The molecule has 1 N–H and O–H groups in total. The summed E-state index contributed by atoms with van der Waals surface area (Å²) in [6, 6.07) is 0. The van der Waals surface area contributed by atoms with E-state index in [0.717, 1.165) is 16.8 Å². The molecule has 1 aliphatic rings. The molecule has 0 amide bonds. The molecule has 21 heavy (non-hydrogen) atoms. The van der Waals surface area contributed by atoms with E-state index >= 15 is 0 Å². The number of allylic oxidation sites excluding steroid dienone is 6. The van der Waals surface area contributed by atoms with E-state index in [1.807, 2.05) is 76.1 Å². The zero-order valence-corrected chi connectivity index (χ0v) is 13.6. The maximum Gasteiger partial charge on any atom is 0.337 e. The lowest BCUT2D eigenvalue weighted by Crippen LogP contribution is -2.36. The lowest BCUT2D eigenvalue weighted by Gasteiger charge is -2.36. The van der Waals surface area contributed by atoms with E-state index in [2.05, 4.69) is 0 Å². The van der Waals surface area contributed by atoms with Gasteiger partial charge in [0.1, 0.15) is 0 Å². The third-order valence-corrected chi connectivity index (χ3v) is 3.17. The number of carboxylic acid groups (broad SMARTS) is 1. The molecule has 4 nitrogen and oxygen atoms in total. The van der Waals surface area contributed by atoms with E-state index in [1.165, 1.54) is 5.57 Å². The summed E-state index contributed by atoms with van der Waals surface area (Å²) in [4.78, 5) is 11.5. The van der Waals surface area contributed by atoms with Gasteiger partial charge in [0.25, 0.3) is 0 Å². The molecule has 114 valence electrons. The van der Waals surface area contributed by atoms with Gasteiger partial charge in [0.05, 0.1) is 11.3 Å². The zero-order valence-electron chi connectivity index (χ0n) is 13.6. The number of rotatable bonds is 3. The Kier molecular flexibility index (Phi) is 5.73. The van der Waals surface area contributed by atoms with E-state index in [9.17, 15) is 9.90 Å². The molecule has 0 aliphatic carbocycles. The zero-order chi connectivity index (χ0) is 16.2. The molecule has 0 radical (unpaired) electrons. The number of aliphatic carboxylic acids is 1. The van der Waals surface area contributed by atoms with Crippen LogP contribution in [0, 0.1) is 0 Å². The fraction of sp³-hybridized carbons (Fsp3) is 0.353. The minimum absolute atomic E-state index is 0.300. The number of hydrogen-bond donors (Lipinski definition) is 1. The van der Waals surface area contributed by atoms with Crippen LogP contribution in [0.2, 0.25) is 0 Å². The van der Waals surface area contributed by atoms with Gasteiger partial charge in [-0.25, -0.2) is 9.80 Å². The summed E-state index contributed by atoms with van der Waals surface area (Å²) >= 11 is 0. The Hall–Kier alpha value is -2.07. The molecule has 0 saturated carbocycles. The van der Waals surface area contributed by atoms with E-state index in [-0.39, 0.29) is 0 Å². The largest absolute Gasteiger partial charge is 0.478 e. The molecular weight excluding hydrogens is 264 g/mol. The average Bonchev–Trinajstić information content (AvgIpc) is 2.42. The maximum absolute atomic E-state index is 11.5. The SMILES string of the molecule is C/C=C1C(=C\C)/C(C(=O)O)=CN(N(C)C)C/1=C/C=C(C)C. The van der Waals surface area contributed by atoms with E-state index in [0.29, 0.717) is 5.57 Å². The van der Waals surface area contributed by atoms with Crippen molar-refractivity contribution < 1.29 is 9.90 Å². The standard InChI is InChI=1S/C17H24N2O2/c1-7-13-14(8-2)16(10-9-12(3)4)19(18(5)6)11-15(13)17(20)21/h7-11H,1-6H3,(H,20,21)/b13-7+,14-8-,16-10+. The highest BCUT2D eigenvalue weighted by Gasteiger charge is 2.28. The second kappa shape index (κ2) is 7.09. The van der Waals surface area contributed by atoms with Crippen LogP contribution in [0.1, 0.15) is 27.7 Å². The van der Waals surface area contributed by atoms with Gasteiger partial charge in [-0.15, -0.1) is 0 Å². The molecule has 0 saturated heterocycles. The summed E-state index contributed by atoms with van der Waals surface area (Å²) < 4.78 is 0. The molecule has 0 fully saturated rings. The van der Waals surface area contributed by atoms with Gasteiger partial charge in [-0.1, -0.05) is 23.8 Å². The molecule has 0 unspecified atom stereocenters. The molecule has 1 heterocycles. The molecule has 4 heteroatoms. The molecule has 1 rings (SSSR count). The van der Waals surface area contributed by atoms with Crippen molar-refractivity contribution in [3.8, 4) is 0 Å². The maximum atomic E-state index is 11.5. The van der Waals surface area contributed by atoms with Gasteiger partial charge in [-0.2, -0.15) is 0 Å². The summed E-state index contributed by atoms with van der Waals surface area (Å²) in [6.07, 6.45) is 9.51. The molecule has 0 atom stereocenters. The second-order valence-electron chi connectivity index (χ2n) is 5.24. The number of hydrazine groups is 1. The van der Waals surface area contributed by atoms with Crippen LogP contribution in [0.5, 0.6) is 0 Å². The van der Waals surface area contributed by atoms with Gasteiger partial charge in [-0.05, 0) is 39.3 Å². The Morgan fingerprint density at radius 1 is 1.19 bits per heavy atom. The van der Waals surface area contributed by atoms with Crippen LogP contribution in [-0.4, -0.2) is 35.2 Å². The summed E-state index contributed by atoms with van der Waals surface area (Å²) in [5.41, 5.74) is 4.11. The fourth-order valence-corrected chi connectivity index (χ4v) is 2.20. The summed E-state index contributed by atoms with van der Waals surface area (Å²) in [6.45, 7) is 7.85. The van der Waals surface area contributed by atoms with Crippen LogP contribution in [0.3, 0.4) is 0 Å². The minimum atomic E-state index is -0.921. The molecule has 0 spiro atoms. The Balaban J connectivity index is 3.59. The van der Waals surface area contributed by atoms with Crippen LogP contribution in [0.15, 0.2) is 58.5 Å². The van der Waals surface area contributed by atoms with Crippen LogP contribution in [-0.2, 0) is 4.79 Å². The lowest BCUT2D eigenvalue weighted by molar-refractivity contribution is -0.132. The first-order valence-corrected chi connectivity index (χ1v) is 6.94. The van der Waals surface area contributed by atoms with Crippen LogP contribution in [0.25, 0.3) is 0 Å². The summed E-state index contributed by atoms with van der Waals surface area (Å²) in [5, 5.41) is 13.2. The molecule has 0 aromatic heterocycles. The third kappa shape index (κ3) is 3.73. The van der Waals surface area contributed by atoms with Gasteiger partial charge in [0.2, 0.25) is 0 Å². The smallest absolute Gasteiger partial charge is 0.337 e. The van der Waals surface area contributed by atoms with Crippen LogP contribution in [0.4, 0.5) is 0 Å². The van der Waals surface area contributed by atoms with E-state index < -0.39 is 5.97 Å². The fourth-order valence-electron chi connectivity index (χ4n) is 2.20. The summed E-state index contributed by atoms with van der Waals surface area (Å²) in [7, 11) is 3.78. The van der Waals surface area contributed by atoms with Gasteiger partial charge in [-0.3, -0.25) is 5.01 Å².